The Morgan fingerprint density at radius 2 is 1.53 bits per heavy atom. The van der Waals surface area contributed by atoms with Gasteiger partial charge in [-0.1, -0.05) is 0 Å². The van der Waals surface area contributed by atoms with Gasteiger partial charge in [0.1, 0.15) is 18.3 Å². The van der Waals surface area contributed by atoms with Crippen molar-refractivity contribution in [2.75, 3.05) is 6.61 Å². The Morgan fingerprint density at radius 3 is 1.73 bits per heavy atom. The minimum atomic E-state index is -3.81. The van der Waals surface area contributed by atoms with Gasteiger partial charge in [-0.2, -0.15) is 0 Å². The number of hydrogen-bond acceptors (Lipinski definition) is 6. The molecule has 0 aliphatic rings. The molecule has 0 aromatic rings. The Morgan fingerprint density at radius 1 is 1.20 bits per heavy atom. The maximum atomic E-state index is 9.76. The number of carbonyl (C=O) groups is 1. The van der Waals surface area contributed by atoms with Crippen LogP contribution in [0.15, 0.2) is 0 Å². The van der Waals surface area contributed by atoms with Gasteiger partial charge in [0, 0.05) is 0 Å². The molecule has 0 saturated heterocycles. The van der Waals surface area contributed by atoms with E-state index >= 15 is 0 Å². The zero-order valence-corrected chi connectivity index (χ0v) is 9.12. The third-order valence-corrected chi connectivity index (χ3v) is 1.07. The third kappa shape index (κ3) is 14.0. The van der Waals surface area contributed by atoms with Gasteiger partial charge in [0.05, 0.1) is 6.61 Å². The summed E-state index contributed by atoms with van der Waals surface area (Å²) in [6.45, 7) is -4.49. The highest BCUT2D eigenvalue weighted by atomic mass is 32.5. The van der Waals surface area contributed by atoms with Crippen LogP contribution in [0.25, 0.3) is 0 Å². The molecule has 0 amide bonds. The lowest BCUT2D eigenvalue weighted by atomic mass is 10.1. The van der Waals surface area contributed by atoms with Crippen LogP contribution in [0.5, 0.6) is 0 Å². The van der Waals surface area contributed by atoms with Crippen molar-refractivity contribution in [1.82, 2.24) is 0 Å². The van der Waals surface area contributed by atoms with E-state index in [0.29, 0.717) is 0 Å². The average molecular weight is 264 g/mol. The Labute approximate surface area is 90.3 Å². The highest BCUT2D eigenvalue weighted by Gasteiger charge is 2.22. The van der Waals surface area contributed by atoms with E-state index in [9.17, 15) is 4.79 Å². The smallest absolute Gasteiger partial charge is 0.319 e. The fourth-order valence-electron chi connectivity index (χ4n) is 0.416. The molecule has 0 rings (SSSR count). The second-order valence-corrected chi connectivity index (χ2v) is 4.88. The number of rotatable bonds is 4. The van der Waals surface area contributed by atoms with E-state index in [-0.39, 0.29) is 6.29 Å². The van der Waals surface area contributed by atoms with Gasteiger partial charge in [-0.05, 0) is 11.8 Å². The van der Waals surface area contributed by atoms with Gasteiger partial charge in [0.25, 0.3) is 0 Å². The summed E-state index contributed by atoms with van der Waals surface area (Å²) in [4.78, 5) is 32.4. The van der Waals surface area contributed by atoms with Gasteiger partial charge >= 0.3 is 6.72 Å². The van der Waals surface area contributed by atoms with E-state index < -0.39 is 31.6 Å². The lowest BCUT2D eigenvalue weighted by molar-refractivity contribution is -0.127. The van der Waals surface area contributed by atoms with Crippen LogP contribution in [0.4, 0.5) is 0 Å². The van der Waals surface area contributed by atoms with Gasteiger partial charge < -0.3 is 39.9 Å². The molecule has 92 valence electrons. The van der Waals surface area contributed by atoms with Crippen LogP contribution in [0.1, 0.15) is 0 Å². The topological polar surface area (TPSA) is 159 Å². The van der Waals surface area contributed by atoms with Gasteiger partial charge in [-0.3, -0.25) is 0 Å². The summed E-state index contributed by atoms with van der Waals surface area (Å²) in [5.41, 5.74) is 0. The maximum Gasteiger partial charge on any atom is 0.319 e. The number of hydrogen-bond donors (Lipinski definition) is 7. The molecule has 0 radical (unpaired) electrons. The fourth-order valence-corrected chi connectivity index (χ4v) is 0.416. The first kappa shape index (κ1) is 17.4. The van der Waals surface area contributed by atoms with Crippen LogP contribution >= 0.6 is 6.72 Å². The average Bonchev–Trinajstić information content (AvgIpc) is 2.11. The van der Waals surface area contributed by atoms with Gasteiger partial charge in [-0.25, -0.2) is 0 Å². The van der Waals surface area contributed by atoms with E-state index in [0.717, 1.165) is 0 Å². The van der Waals surface area contributed by atoms with Crippen LogP contribution in [-0.2, 0) is 16.6 Å². The fraction of sp³-hybridized carbons (Fsp3) is 0.800. The maximum absolute atomic E-state index is 9.76. The zero-order chi connectivity index (χ0) is 12.6. The molecule has 0 aliphatic heterocycles. The highest BCUT2D eigenvalue weighted by molar-refractivity contribution is 8.06. The van der Waals surface area contributed by atoms with E-state index in [4.69, 9.17) is 35.1 Å². The first-order chi connectivity index (χ1) is 6.63. The summed E-state index contributed by atoms with van der Waals surface area (Å²) in [7, 11) is 0. The monoisotopic (exact) mass is 264 g/mol. The molecular formula is C5H13O8PS. The summed E-state index contributed by atoms with van der Waals surface area (Å²) >= 11 is 3.60. The first-order valence-corrected chi connectivity index (χ1v) is 6.18. The number of carbonyl (C=O) groups excluding carboxylic acids is 1. The van der Waals surface area contributed by atoms with E-state index in [2.05, 4.69) is 11.8 Å². The number of aliphatic hydroxyl groups excluding tert-OH is 4. The summed E-state index contributed by atoms with van der Waals surface area (Å²) in [6.07, 6.45) is -4.63. The minimum Gasteiger partial charge on any atom is -0.394 e. The van der Waals surface area contributed by atoms with Gasteiger partial charge in [0.2, 0.25) is 0 Å². The number of aldehydes is 1. The van der Waals surface area contributed by atoms with Crippen molar-refractivity contribution in [3.8, 4) is 0 Å². The molecule has 7 N–H and O–H groups in total. The van der Waals surface area contributed by atoms with E-state index in [1.165, 1.54) is 0 Å². The largest absolute Gasteiger partial charge is 0.394 e. The molecule has 3 unspecified atom stereocenters. The molecule has 15 heavy (non-hydrogen) atoms. The Bertz CT molecular complexity index is 209. The second kappa shape index (κ2) is 8.22. The summed E-state index contributed by atoms with van der Waals surface area (Å²) in [5, 5.41) is 34.1. The normalized spacial score (nSPS) is 17.0. The summed E-state index contributed by atoms with van der Waals surface area (Å²) in [5.74, 6) is 0. The molecule has 0 aromatic carbocycles. The van der Waals surface area contributed by atoms with Crippen LogP contribution in [0.2, 0.25) is 0 Å². The van der Waals surface area contributed by atoms with Crippen molar-refractivity contribution in [3.05, 3.63) is 0 Å². The van der Waals surface area contributed by atoms with Crippen LogP contribution < -0.4 is 0 Å². The summed E-state index contributed by atoms with van der Waals surface area (Å²) < 4.78 is 0. The van der Waals surface area contributed by atoms with Crippen LogP contribution in [0, 0.1) is 0 Å². The van der Waals surface area contributed by atoms with Crippen LogP contribution in [-0.4, -0.2) is 66.3 Å². The number of aliphatic hydroxyl groups is 4. The van der Waals surface area contributed by atoms with E-state index in [1.54, 1.807) is 0 Å². The van der Waals surface area contributed by atoms with Crippen molar-refractivity contribution in [3.63, 3.8) is 0 Å². The molecule has 8 nitrogen and oxygen atoms in total. The molecule has 0 aromatic heterocycles. The standard InChI is InChI=1S/C5H10O5.H3O3PS/c6-1-3(8)5(10)4(9)2-7;1-4(2,3)5/h1,3-5,7-10H,2H2;(H3,1,2,3,5). The molecule has 0 spiro atoms. The first-order valence-electron chi connectivity index (χ1n) is 3.52. The van der Waals surface area contributed by atoms with E-state index in [1.807, 2.05) is 0 Å². The second-order valence-electron chi connectivity index (χ2n) is 2.38. The van der Waals surface area contributed by atoms with Crippen LogP contribution in [0.3, 0.4) is 0 Å². The molecule has 10 heteroatoms. The third-order valence-electron chi connectivity index (χ3n) is 1.07. The quantitative estimate of drug-likeness (QED) is 0.201. The van der Waals surface area contributed by atoms with Gasteiger partial charge in [0.15, 0.2) is 6.29 Å². The summed E-state index contributed by atoms with van der Waals surface area (Å²) in [6, 6.07) is 0. The van der Waals surface area contributed by atoms with Crippen molar-refractivity contribution in [1.29, 1.82) is 0 Å². The predicted molar refractivity (Wildman–Crippen MR) is 52.1 cm³/mol. The molecule has 0 fully saturated rings. The lowest BCUT2D eigenvalue weighted by Gasteiger charge is -2.16. The Hall–Kier alpha value is 0.0400. The Balaban J connectivity index is 0. The van der Waals surface area contributed by atoms with Crippen molar-refractivity contribution >= 4 is 24.8 Å². The highest BCUT2D eigenvalue weighted by Crippen LogP contribution is 2.26. The molecular weight excluding hydrogens is 251 g/mol. The molecule has 0 heterocycles. The molecule has 0 bridgehead atoms. The van der Waals surface area contributed by atoms with Gasteiger partial charge in [-0.15, -0.1) is 0 Å². The molecule has 0 aliphatic carbocycles. The zero-order valence-electron chi connectivity index (χ0n) is 7.41. The molecule has 3 atom stereocenters. The van der Waals surface area contributed by atoms with Crippen molar-refractivity contribution < 1.29 is 39.9 Å². The SMILES string of the molecule is O=CC(O)C(O)C(O)CO.OP(O)(O)=S. The predicted octanol–water partition coefficient (Wildman–Crippen LogP) is -3.55. The lowest BCUT2D eigenvalue weighted by Crippen LogP contribution is -2.40. The van der Waals surface area contributed by atoms with Crippen molar-refractivity contribution in [2.45, 2.75) is 18.3 Å². The van der Waals surface area contributed by atoms with Crippen molar-refractivity contribution in [2.24, 2.45) is 0 Å². The molecule has 0 saturated carbocycles. The Kier molecular flexibility index (Phi) is 9.56. The minimum absolute atomic E-state index is 0.0869.